The van der Waals surface area contributed by atoms with Crippen molar-refractivity contribution in [3.05, 3.63) is 93.4 Å². The highest BCUT2D eigenvalue weighted by Crippen LogP contribution is 2.21. The van der Waals surface area contributed by atoms with Crippen LogP contribution in [0.25, 0.3) is 16.5 Å². The van der Waals surface area contributed by atoms with Crippen molar-refractivity contribution in [2.75, 3.05) is 0 Å². The van der Waals surface area contributed by atoms with E-state index < -0.39 is 0 Å². The number of aliphatic imine (C=N–C) groups is 1. The molecule has 0 aliphatic carbocycles. The van der Waals surface area contributed by atoms with Gasteiger partial charge < -0.3 is 0 Å². The molecule has 1 N–H and O–H groups in total. The molecule has 3 aromatic carbocycles. The topological polar surface area (TPSA) is 50.1 Å². The third-order valence-corrected chi connectivity index (χ3v) is 4.53. The van der Waals surface area contributed by atoms with Crippen molar-refractivity contribution < 1.29 is 0 Å². The Morgan fingerprint density at radius 1 is 1.00 bits per heavy atom. The molecule has 4 nitrogen and oxygen atoms in total. The predicted octanol–water partition coefficient (Wildman–Crippen LogP) is 5.03. The molecular weight excluding hydrogens is 346 g/mol. The first-order chi connectivity index (χ1) is 12.6. The molecule has 0 amide bonds. The predicted molar refractivity (Wildman–Crippen MR) is 107 cm³/mol. The molecule has 128 valence electrons. The van der Waals surface area contributed by atoms with Gasteiger partial charge in [0.25, 0.3) is 5.56 Å². The average molecular weight is 362 g/mol. The number of nitrogens with one attached hydrogen (secondary N) is 1. The highest BCUT2D eigenvalue weighted by atomic mass is 35.5. The van der Waals surface area contributed by atoms with E-state index in [0.29, 0.717) is 10.6 Å². The molecule has 4 aromatic rings. The molecule has 0 saturated carbocycles. The van der Waals surface area contributed by atoms with Gasteiger partial charge in [-0.25, -0.2) is 4.68 Å². The maximum Gasteiger partial charge on any atom is 0.280 e. The van der Waals surface area contributed by atoms with Crippen molar-refractivity contribution in [2.24, 2.45) is 4.99 Å². The van der Waals surface area contributed by atoms with Gasteiger partial charge in [-0.1, -0.05) is 41.9 Å². The Hall–Kier alpha value is -3.11. The second kappa shape index (κ2) is 6.65. The number of aromatic amines is 1. The molecule has 0 atom stereocenters. The molecule has 0 bridgehead atoms. The summed E-state index contributed by atoms with van der Waals surface area (Å²) < 4.78 is 1.49. The van der Waals surface area contributed by atoms with Gasteiger partial charge in [0.1, 0.15) is 0 Å². The van der Waals surface area contributed by atoms with Gasteiger partial charge in [-0.2, -0.15) is 0 Å². The Kier molecular flexibility index (Phi) is 4.19. The maximum absolute atomic E-state index is 12.7. The molecule has 0 saturated heterocycles. The molecule has 26 heavy (non-hydrogen) atoms. The van der Waals surface area contributed by atoms with E-state index in [-0.39, 0.29) is 5.56 Å². The molecule has 0 aliphatic heterocycles. The Balaban J connectivity index is 1.70. The van der Waals surface area contributed by atoms with Crippen molar-refractivity contribution in [1.82, 2.24) is 9.78 Å². The van der Waals surface area contributed by atoms with Crippen LogP contribution in [-0.4, -0.2) is 16.0 Å². The molecule has 4 rings (SSSR count). The Morgan fingerprint density at radius 3 is 2.50 bits per heavy atom. The lowest BCUT2D eigenvalue weighted by Gasteiger charge is -2.00. The van der Waals surface area contributed by atoms with Crippen LogP contribution in [0.5, 0.6) is 0 Å². The number of H-pyrrole nitrogens is 1. The van der Waals surface area contributed by atoms with Crippen LogP contribution in [0, 0.1) is 6.92 Å². The normalized spacial score (nSPS) is 11.5. The van der Waals surface area contributed by atoms with Gasteiger partial charge in [-0.15, -0.1) is 0 Å². The van der Waals surface area contributed by atoms with Gasteiger partial charge in [0.2, 0.25) is 0 Å². The van der Waals surface area contributed by atoms with Crippen LogP contribution in [0.4, 0.5) is 5.69 Å². The zero-order valence-electron chi connectivity index (χ0n) is 14.1. The van der Waals surface area contributed by atoms with Crippen LogP contribution in [0.3, 0.4) is 0 Å². The first-order valence-electron chi connectivity index (χ1n) is 8.22. The highest BCUT2D eigenvalue weighted by Gasteiger charge is 2.10. The molecule has 1 aromatic heterocycles. The van der Waals surface area contributed by atoms with E-state index in [1.54, 1.807) is 30.5 Å². The van der Waals surface area contributed by atoms with Crippen molar-refractivity contribution in [2.45, 2.75) is 6.92 Å². The molecule has 0 aliphatic rings. The van der Waals surface area contributed by atoms with E-state index in [4.69, 9.17) is 11.6 Å². The molecule has 5 heteroatoms. The van der Waals surface area contributed by atoms with Gasteiger partial charge >= 0.3 is 0 Å². The largest absolute Gasteiger partial charge is 0.295 e. The number of halogens is 1. The number of aryl methyl sites for hydroxylation is 1. The van der Waals surface area contributed by atoms with Crippen molar-refractivity contribution in [1.29, 1.82) is 0 Å². The number of hydrogen-bond acceptors (Lipinski definition) is 2. The van der Waals surface area contributed by atoms with E-state index in [1.165, 1.54) is 4.68 Å². The number of nitrogens with zero attached hydrogens (tertiary/aromatic N) is 2. The van der Waals surface area contributed by atoms with Crippen LogP contribution >= 0.6 is 11.6 Å². The summed E-state index contributed by atoms with van der Waals surface area (Å²) in [4.78, 5) is 17.2. The zero-order chi connectivity index (χ0) is 18.1. The summed E-state index contributed by atoms with van der Waals surface area (Å²) in [6.07, 6.45) is 1.62. The lowest BCUT2D eigenvalue weighted by Crippen LogP contribution is -2.17. The quantitative estimate of drug-likeness (QED) is 0.511. The Labute approximate surface area is 155 Å². The lowest BCUT2D eigenvalue weighted by molar-refractivity contribution is 0.835. The summed E-state index contributed by atoms with van der Waals surface area (Å²) in [6.45, 7) is 1.86. The van der Waals surface area contributed by atoms with Crippen molar-refractivity contribution >= 4 is 34.3 Å². The van der Waals surface area contributed by atoms with Gasteiger partial charge in [-0.3, -0.25) is 14.9 Å². The minimum Gasteiger partial charge on any atom is -0.295 e. The van der Waals surface area contributed by atoms with Gasteiger partial charge in [-0.05, 0) is 54.1 Å². The second-order valence-electron chi connectivity index (χ2n) is 6.06. The zero-order valence-corrected chi connectivity index (χ0v) is 14.9. The summed E-state index contributed by atoms with van der Waals surface area (Å²) in [7, 11) is 0. The molecule has 0 spiro atoms. The van der Waals surface area contributed by atoms with E-state index in [9.17, 15) is 4.79 Å². The van der Waals surface area contributed by atoms with Crippen LogP contribution < -0.4 is 5.56 Å². The van der Waals surface area contributed by atoms with Crippen LogP contribution in [-0.2, 0) is 0 Å². The fourth-order valence-electron chi connectivity index (χ4n) is 2.88. The first kappa shape index (κ1) is 16.4. The van der Waals surface area contributed by atoms with Gasteiger partial charge in [0, 0.05) is 16.9 Å². The third-order valence-electron chi connectivity index (χ3n) is 4.28. The molecule has 1 heterocycles. The van der Waals surface area contributed by atoms with E-state index in [1.807, 2.05) is 43.3 Å². The maximum atomic E-state index is 12.7. The molecule has 0 radical (unpaired) electrons. The SMILES string of the molecule is Cc1[nH]n(-c2ccc(Cl)cc2)c(=O)c1C=Nc1ccc2ccccc2c1. The minimum absolute atomic E-state index is 0.144. The summed E-state index contributed by atoms with van der Waals surface area (Å²) in [5.41, 5.74) is 2.69. The fraction of sp³-hybridized carbons (Fsp3) is 0.0476. The number of benzene rings is 3. The molecule has 0 fully saturated rings. The smallest absolute Gasteiger partial charge is 0.280 e. The van der Waals surface area contributed by atoms with Crippen LogP contribution in [0.2, 0.25) is 5.02 Å². The summed E-state index contributed by atoms with van der Waals surface area (Å²) in [6, 6.07) is 21.2. The minimum atomic E-state index is -0.144. The molecular formula is C21H16ClN3O. The summed E-state index contributed by atoms with van der Waals surface area (Å²) in [5.74, 6) is 0. The number of rotatable bonds is 3. The van der Waals surface area contributed by atoms with E-state index >= 15 is 0 Å². The standard InChI is InChI=1S/C21H16ClN3O/c1-14-20(21(26)25(24-14)19-10-7-17(22)8-11-19)13-23-18-9-6-15-4-2-3-5-16(15)12-18/h2-13,24H,1H3. The third kappa shape index (κ3) is 3.07. The number of hydrogen-bond donors (Lipinski definition) is 1. The Bertz CT molecular complexity index is 1170. The molecule has 0 unspecified atom stereocenters. The first-order valence-corrected chi connectivity index (χ1v) is 8.60. The van der Waals surface area contributed by atoms with Gasteiger partial charge in [0.15, 0.2) is 0 Å². The average Bonchev–Trinajstić information content (AvgIpc) is 2.94. The fourth-order valence-corrected chi connectivity index (χ4v) is 3.01. The van der Waals surface area contributed by atoms with Crippen LogP contribution in [0.15, 0.2) is 76.5 Å². The van der Waals surface area contributed by atoms with Gasteiger partial charge in [0.05, 0.1) is 16.9 Å². The number of aromatic nitrogens is 2. The summed E-state index contributed by atoms with van der Waals surface area (Å²) >= 11 is 5.92. The monoisotopic (exact) mass is 361 g/mol. The lowest BCUT2D eigenvalue weighted by atomic mass is 10.1. The van der Waals surface area contributed by atoms with Crippen molar-refractivity contribution in [3.8, 4) is 5.69 Å². The van der Waals surface area contributed by atoms with E-state index in [0.717, 1.165) is 27.8 Å². The second-order valence-corrected chi connectivity index (χ2v) is 6.49. The highest BCUT2D eigenvalue weighted by molar-refractivity contribution is 6.30. The van der Waals surface area contributed by atoms with E-state index in [2.05, 4.69) is 16.2 Å². The van der Waals surface area contributed by atoms with Crippen LogP contribution in [0.1, 0.15) is 11.3 Å². The Morgan fingerprint density at radius 2 is 1.73 bits per heavy atom. The van der Waals surface area contributed by atoms with Crippen molar-refractivity contribution in [3.63, 3.8) is 0 Å². The number of fused-ring (bicyclic) bond motifs is 1. The summed E-state index contributed by atoms with van der Waals surface area (Å²) in [5, 5.41) is 5.99.